The fraction of sp³-hybridized carbons (Fsp3) is 0.316. The first-order valence-electron chi connectivity index (χ1n) is 7.88. The molecule has 0 fully saturated rings. The normalized spacial score (nSPS) is 11.7. The van der Waals surface area contributed by atoms with Gasteiger partial charge in [0.1, 0.15) is 5.75 Å². The van der Waals surface area contributed by atoms with Gasteiger partial charge in [0.25, 0.3) is 5.91 Å². The molecular formula is C19H23NO2S. The first-order chi connectivity index (χ1) is 11.2. The minimum atomic E-state index is -0.446. The molecule has 0 aromatic heterocycles. The van der Waals surface area contributed by atoms with Crippen LogP contribution in [0.25, 0.3) is 0 Å². The lowest BCUT2D eigenvalue weighted by Gasteiger charge is -2.17. The largest absolute Gasteiger partial charge is 0.481 e. The first-order valence-corrected chi connectivity index (χ1v) is 8.86. The Bertz CT molecular complexity index is 616. The Kier molecular flexibility index (Phi) is 7.01. The third kappa shape index (κ3) is 5.99. The average Bonchev–Trinajstić information content (AvgIpc) is 2.57. The summed E-state index contributed by atoms with van der Waals surface area (Å²) in [6.45, 7) is 4.60. The number of amides is 1. The van der Waals surface area contributed by atoms with Gasteiger partial charge in [-0.3, -0.25) is 4.79 Å². The van der Waals surface area contributed by atoms with Gasteiger partial charge in [-0.2, -0.15) is 0 Å². The molecule has 23 heavy (non-hydrogen) atoms. The monoisotopic (exact) mass is 329 g/mol. The van der Waals surface area contributed by atoms with Crippen LogP contribution in [0.1, 0.15) is 18.9 Å². The van der Waals surface area contributed by atoms with Gasteiger partial charge in [0.15, 0.2) is 6.10 Å². The highest BCUT2D eigenvalue weighted by atomic mass is 32.2. The molecule has 0 aliphatic carbocycles. The van der Waals surface area contributed by atoms with Crippen molar-refractivity contribution in [2.75, 3.05) is 12.3 Å². The maximum Gasteiger partial charge on any atom is 0.261 e. The summed E-state index contributed by atoms with van der Waals surface area (Å²) in [5, 5.41) is 2.95. The number of aryl methyl sites for hydroxylation is 1. The number of nitrogens with one attached hydrogen (secondary N) is 1. The van der Waals surface area contributed by atoms with Crippen molar-refractivity contribution in [2.45, 2.75) is 31.3 Å². The molecule has 0 saturated carbocycles. The van der Waals surface area contributed by atoms with E-state index in [0.29, 0.717) is 13.0 Å². The molecule has 122 valence electrons. The van der Waals surface area contributed by atoms with Crippen molar-refractivity contribution in [2.24, 2.45) is 0 Å². The first kappa shape index (κ1) is 17.4. The molecule has 2 rings (SSSR count). The van der Waals surface area contributed by atoms with Gasteiger partial charge >= 0.3 is 0 Å². The van der Waals surface area contributed by atoms with Crippen LogP contribution in [0.15, 0.2) is 59.5 Å². The van der Waals surface area contributed by atoms with E-state index in [2.05, 4.69) is 17.4 Å². The summed E-state index contributed by atoms with van der Waals surface area (Å²) >= 11 is 1.73. The van der Waals surface area contributed by atoms with Crippen molar-refractivity contribution in [3.8, 4) is 5.75 Å². The van der Waals surface area contributed by atoms with E-state index in [4.69, 9.17) is 4.74 Å². The zero-order valence-corrected chi connectivity index (χ0v) is 14.4. The van der Waals surface area contributed by atoms with Crippen LogP contribution in [0.5, 0.6) is 5.75 Å². The number of hydrogen-bond donors (Lipinski definition) is 1. The molecule has 0 heterocycles. The van der Waals surface area contributed by atoms with E-state index in [9.17, 15) is 4.79 Å². The van der Waals surface area contributed by atoms with E-state index in [1.54, 1.807) is 11.8 Å². The van der Waals surface area contributed by atoms with Crippen LogP contribution in [0.4, 0.5) is 0 Å². The van der Waals surface area contributed by atoms with Gasteiger partial charge in [-0.25, -0.2) is 0 Å². The van der Waals surface area contributed by atoms with E-state index in [0.717, 1.165) is 17.1 Å². The minimum Gasteiger partial charge on any atom is -0.481 e. The Labute approximate surface area is 142 Å². The topological polar surface area (TPSA) is 38.3 Å². The number of hydrogen-bond acceptors (Lipinski definition) is 3. The van der Waals surface area contributed by atoms with Gasteiger partial charge < -0.3 is 10.1 Å². The molecule has 0 spiro atoms. The molecule has 0 radical (unpaired) electrons. The molecule has 0 unspecified atom stereocenters. The Hall–Kier alpha value is -1.94. The van der Waals surface area contributed by atoms with Gasteiger partial charge in [0.2, 0.25) is 0 Å². The number of carbonyl (C=O) groups is 1. The SMILES string of the molecule is CC[C@@H](Oc1cccc(C)c1)C(=O)NCCSc1ccccc1. The van der Waals surface area contributed by atoms with Crippen molar-refractivity contribution in [3.63, 3.8) is 0 Å². The second-order valence-corrected chi connectivity index (χ2v) is 6.45. The summed E-state index contributed by atoms with van der Waals surface area (Å²) in [6.07, 6.45) is 0.199. The third-order valence-electron chi connectivity index (χ3n) is 3.34. The Balaban J connectivity index is 1.76. The zero-order valence-electron chi connectivity index (χ0n) is 13.6. The predicted molar refractivity (Wildman–Crippen MR) is 96.1 cm³/mol. The van der Waals surface area contributed by atoms with Gasteiger partial charge in [-0.1, -0.05) is 37.3 Å². The Morgan fingerprint density at radius 2 is 1.96 bits per heavy atom. The van der Waals surface area contributed by atoms with Crippen molar-refractivity contribution in [1.82, 2.24) is 5.32 Å². The third-order valence-corrected chi connectivity index (χ3v) is 4.36. The van der Waals surface area contributed by atoms with E-state index in [1.165, 1.54) is 4.90 Å². The van der Waals surface area contributed by atoms with Gasteiger partial charge in [0, 0.05) is 17.2 Å². The summed E-state index contributed by atoms with van der Waals surface area (Å²) in [5.41, 5.74) is 1.12. The summed E-state index contributed by atoms with van der Waals surface area (Å²) < 4.78 is 5.80. The number of benzene rings is 2. The van der Waals surface area contributed by atoms with Crippen molar-refractivity contribution < 1.29 is 9.53 Å². The van der Waals surface area contributed by atoms with Crippen LogP contribution in [0, 0.1) is 6.92 Å². The molecule has 0 bridgehead atoms. The maximum atomic E-state index is 12.2. The predicted octanol–water partition coefficient (Wildman–Crippen LogP) is 4.06. The molecule has 4 heteroatoms. The number of rotatable bonds is 8. The fourth-order valence-electron chi connectivity index (χ4n) is 2.15. The van der Waals surface area contributed by atoms with Gasteiger partial charge in [0.05, 0.1) is 0 Å². The lowest BCUT2D eigenvalue weighted by atomic mass is 10.2. The van der Waals surface area contributed by atoms with Crippen molar-refractivity contribution in [3.05, 3.63) is 60.2 Å². The summed E-state index contributed by atoms with van der Waals surface area (Å²) in [4.78, 5) is 13.4. The lowest BCUT2D eigenvalue weighted by molar-refractivity contribution is -0.127. The Morgan fingerprint density at radius 1 is 1.17 bits per heavy atom. The minimum absolute atomic E-state index is 0.0531. The van der Waals surface area contributed by atoms with Gasteiger partial charge in [-0.05, 0) is 43.2 Å². The summed E-state index contributed by atoms with van der Waals surface area (Å²) in [7, 11) is 0. The van der Waals surface area contributed by atoms with Crippen LogP contribution in [0.2, 0.25) is 0 Å². The number of carbonyl (C=O) groups excluding carboxylic acids is 1. The fourth-order valence-corrected chi connectivity index (χ4v) is 2.94. The summed E-state index contributed by atoms with van der Waals surface area (Å²) in [5.74, 6) is 1.53. The lowest BCUT2D eigenvalue weighted by Crippen LogP contribution is -2.39. The smallest absolute Gasteiger partial charge is 0.261 e. The molecule has 0 aliphatic heterocycles. The summed E-state index contributed by atoms with van der Waals surface area (Å²) in [6, 6.07) is 18.0. The van der Waals surface area contributed by atoms with Crippen molar-refractivity contribution >= 4 is 17.7 Å². The molecule has 1 amide bonds. The Morgan fingerprint density at radius 3 is 2.65 bits per heavy atom. The second kappa shape index (κ2) is 9.26. The molecule has 3 nitrogen and oxygen atoms in total. The molecule has 2 aromatic rings. The van der Waals surface area contributed by atoms with Crippen molar-refractivity contribution in [1.29, 1.82) is 0 Å². The highest BCUT2D eigenvalue weighted by Gasteiger charge is 2.17. The molecular weight excluding hydrogens is 306 g/mol. The van der Waals surface area contributed by atoms with E-state index >= 15 is 0 Å². The molecule has 0 saturated heterocycles. The zero-order chi connectivity index (χ0) is 16.5. The van der Waals surface area contributed by atoms with Crippen LogP contribution in [-0.4, -0.2) is 24.3 Å². The molecule has 1 N–H and O–H groups in total. The molecule has 0 aliphatic rings. The van der Waals surface area contributed by atoms with Crippen LogP contribution < -0.4 is 10.1 Å². The van der Waals surface area contributed by atoms with Crippen LogP contribution in [0.3, 0.4) is 0 Å². The highest BCUT2D eigenvalue weighted by molar-refractivity contribution is 7.99. The standard InChI is InChI=1S/C19H23NO2S/c1-3-18(22-16-9-7-8-15(2)14-16)19(21)20-12-13-23-17-10-5-4-6-11-17/h4-11,14,18H,3,12-13H2,1-2H3,(H,20,21)/t18-/m1/s1. The van der Waals surface area contributed by atoms with E-state index in [1.807, 2.05) is 56.3 Å². The van der Waals surface area contributed by atoms with Crippen LogP contribution in [-0.2, 0) is 4.79 Å². The quantitative estimate of drug-likeness (QED) is 0.586. The highest BCUT2D eigenvalue weighted by Crippen LogP contribution is 2.17. The maximum absolute atomic E-state index is 12.2. The average molecular weight is 329 g/mol. The second-order valence-electron chi connectivity index (χ2n) is 5.28. The van der Waals surface area contributed by atoms with Gasteiger partial charge in [-0.15, -0.1) is 11.8 Å². The van der Waals surface area contributed by atoms with E-state index in [-0.39, 0.29) is 5.91 Å². The number of ether oxygens (including phenoxy) is 1. The van der Waals surface area contributed by atoms with Crippen LogP contribution >= 0.6 is 11.8 Å². The molecule has 2 aromatic carbocycles. The number of thioether (sulfide) groups is 1. The van der Waals surface area contributed by atoms with E-state index < -0.39 is 6.10 Å². The molecule has 1 atom stereocenters.